The van der Waals surface area contributed by atoms with E-state index in [9.17, 15) is 14.4 Å². The quantitative estimate of drug-likeness (QED) is 0.384. The molecule has 2 fully saturated rings. The maximum Gasteiger partial charge on any atom is 0.254 e. The number of carbonyl (C=O) groups excluding carboxylic acids is 3. The largest absolute Gasteiger partial charge is 0.341 e. The van der Waals surface area contributed by atoms with Gasteiger partial charge in [-0.05, 0) is 62.1 Å². The third-order valence-electron chi connectivity index (χ3n) is 8.56. The van der Waals surface area contributed by atoms with Crippen LogP contribution in [-0.2, 0) is 9.59 Å². The molecular weight excluding hydrogens is 597 g/mol. The van der Waals surface area contributed by atoms with Gasteiger partial charge >= 0.3 is 0 Å². The van der Waals surface area contributed by atoms with Crippen molar-refractivity contribution in [2.24, 2.45) is 5.73 Å². The fourth-order valence-electron chi connectivity index (χ4n) is 6.19. The molecule has 2 saturated heterocycles. The molecule has 0 radical (unpaired) electrons. The molecule has 0 aromatic heterocycles. The zero-order valence-electron chi connectivity index (χ0n) is 25.1. The van der Waals surface area contributed by atoms with Gasteiger partial charge in [0.25, 0.3) is 5.91 Å². The Hall–Kier alpha value is -3.43. The van der Waals surface area contributed by atoms with Crippen LogP contribution in [-0.4, -0.2) is 77.7 Å². The topological polar surface area (TPSA) is 99.0 Å². The second kappa shape index (κ2) is 14.1. The van der Waals surface area contributed by atoms with E-state index in [1.807, 2.05) is 83.1 Å². The van der Waals surface area contributed by atoms with E-state index in [2.05, 4.69) is 5.32 Å². The summed E-state index contributed by atoms with van der Waals surface area (Å²) < 4.78 is 0. The number of hydrogen-bond donors (Lipinski definition) is 2. The molecule has 0 spiro atoms. The summed E-state index contributed by atoms with van der Waals surface area (Å²) in [5.74, 6) is -0.187. The molecule has 232 valence electrons. The van der Waals surface area contributed by atoms with Crippen molar-refractivity contribution in [3.8, 4) is 0 Å². The Kier molecular flexibility index (Phi) is 10.3. The lowest BCUT2D eigenvalue weighted by Gasteiger charge is -2.42. The van der Waals surface area contributed by atoms with Crippen molar-refractivity contribution < 1.29 is 14.4 Å². The van der Waals surface area contributed by atoms with E-state index in [0.29, 0.717) is 48.3 Å². The van der Waals surface area contributed by atoms with Gasteiger partial charge in [0, 0.05) is 44.3 Å². The Morgan fingerprint density at radius 3 is 2.20 bits per heavy atom. The summed E-state index contributed by atoms with van der Waals surface area (Å²) in [6.45, 7) is 6.44. The van der Waals surface area contributed by atoms with Crippen molar-refractivity contribution in [3.63, 3.8) is 0 Å². The minimum Gasteiger partial charge on any atom is -0.341 e. The highest BCUT2D eigenvalue weighted by Crippen LogP contribution is 2.31. The first-order valence-electron chi connectivity index (χ1n) is 15.1. The Morgan fingerprint density at radius 2 is 1.55 bits per heavy atom. The van der Waals surface area contributed by atoms with E-state index in [-0.39, 0.29) is 36.3 Å². The normalized spacial score (nSPS) is 18.3. The molecule has 44 heavy (non-hydrogen) atoms. The first-order valence-corrected chi connectivity index (χ1v) is 15.8. The Labute approximate surface area is 269 Å². The van der Waals surface area contributed by atoms with Crippen LogP contribution >= 0.6 is 23.2 Å². The highest BCUT2D eigenvalue weighted by atomic mass is 35.5. The van der Waals surface area contributed by atoms with Crippen LogP contribution in [0.3, 0.4) is 0 Å². The van der Waals surface area contributed by atoms with Gasteiger partial charge in [-0.15, -0.1) is 0 Å². The third kappa shape index (κ3) is 7.44. The van der Waals surface area contributed by atoms with Crippen LogP contribution in [0.15, 0.2) is 66.7 Å². The minimum atomic E-state index is -0.680. The van der Waals surface area contributed by atoms with E-state index < -0.39 is 6.04 Å². The molecule has 2 aliphatic heterocycles. The van der Waals surface area contributed by atoms with Gasteiger partial charge in [-0.3, -0.25) is 14.4 Å². The van der Waals surface area contributed by atoms with E-state index >= 15 is 0 Å². The summed E-state index contributed by atoms with van der Waals surface area (Å²) in [6.07, 6.45) is 1.46. The van der Waals surface area contributed by atoms with Crippen molar-refractivity contribution in [1.82, 2.24) is 20.0 Å². The monoisotopic (exact) mass is 635 g/mol. The summed E-state index contributed by atoms with van der Waals surface area (Å²) in [5.41, 5.74) is 10.6. The number of likely N-dealkylation sites (tertiary alicyclic amines) is 1. The molecule has 10 heteroatoms. The second-order valence-electron chi connectivity index (χ2n) is 11.8. The van der Waals surface area contributed by atoms with Gasteiger partial charge < -0.3 is 25.8 Å². The summed E-state index contributed by atoms with van der Waals surface area (Å²) in [4.78, 5) is 45.6. The lowest BCUT2D eigenvalue weighted by Crippen LogP contribution is -2.55. The molecule has 3 N–H and O–H groups in total. The summed E-state index contributed by atoms with van der Waals surface area (Å²) in [5, 5.41) is 4.25. The third-order valence-corrected chi connectivity index (χ3v) is 9.30. The van der Waals surface area contributed by atoms with Gasteiger partial charge in [-0.2, -0.15) is 0 Å². The number of aryl methyl sites for hydroxylation is 2. The fourth-order valence-corrected chi connectivity index (χ4v) is 6.49. The van der Waals surface area contributed by atoms with Gasteiger partial charge in [0.15, 0.2) is 0 Å². The lowest BCUT2D eigenvalue weighted by molar-refractivity contribution is -0.136. The van der Waals surface area contributed by atoms with Crippen LogP contribution in [0.5, 0.6) is 0 Å². The van der Waals surface area contributed by atoms with Gasteiger partial charge in [-0.25, -0.2) is 0 Å². The summed E-state index contributed by atoms with van der Waals surface area (Å²) >= 11 is 12.6. The summed E-state index contributed by atoms with van der Waals surface area (Å²) in [6, 6.07) is 19.7. The number of rotatable bonds is 7. The van der Waals surface area contributed by atoms with Crippen molar-refractivity contribution in [1.29, 1.82) is 0 Å². The van der Waals surface area contributed by atoms with E-state index in [1.165, 1.54) is 0 Å². The number of benzene rings is 3. The van der Waals surface area contributed by atoms with Gasteiger partial charge in [-0.1, -0.05) is 76.8 Å². The van der Waals surface area contributed by atoms with Crippen molar-refractivity contribution in [2.75, 3.05) is 39.3 Å². The number of nitrogens with one attached hydrogen (secondary N) is 1. The lowest BCUT2D eigenvalue weighted by atomic mass is 10.00. The number of carbonyl (C=O) groups is 3. The number of piperazine rings is 1. The van der Waals surface area contributed by atoms with Crippen LogP contribution in [0.1, 0.15) is 57.5 Å². The molecule has 8 nitrogen and oxygen atoms in total. The van der Waals surface area contributed by atoms with Crippen molar-refractivity contribution in [2.45, 2.75) is 44.8 Å². The second-order valence-corrected chi connectivity index (χ2v) is 12.6. The molecule has 2 heterocycles. The average molecular weight is 637 g/mol. The smallest absolute Gasteiger partial charge is 0.254 e. The molecule has 3 amide bonds. The number of hydrogen-bond acceptors (Lipinski definition) is 5. The molecule has 2 atom stereocenters. The molecule has 0 bridgehead atoms. The van der Waals surface area contributed by atoms with Crippen molar-refractivity contribution in [3.05, 3.63) is 105 Å². The maximum absolute atomic E-state index is 13.7. The molecule has 3 aromatic carbocycles. The number of nitrogens with zero attached hydrogens (tertiary/aromatic N) is 3. The van der Waals surface area contributed by atoms with E-state index in [4.69, 9.17) is 28.9 Å². The summed E-state index contributed by atoms with van der Waals surface area (Å²) in [7, 11) is 0. The molecule has 5 rings (SSSR count). The molecular formula is C34H39Cl2N5O3. The van der Waals surface area contributed by atoms with Crippen LogP contribution in [0.2, 0.25) is 10.0 Å². The van der Waals surface area contributed by atoms with E-state index in [1.54, 1.807) is 12.1 Å². The molecule has 3 aromatic rings. The molecule has 0 saturated carbocycles. The number of piperidine rings is 1. The molecule has 2 aliphatic rings. The van der Waals surface area contributed by atoms with Crippen LogP contribution < -0.4 is 11.1 Å². The molecule has 0 unspecified atom stereocenters. The zero-order chi connectivity index (χ0) is 31.4. The van der Waals surface area contributed by atoms with Gasteiger partial charge in [0.2, 0.25) is 11.8 Å². The van der Waals surface area contributed by atoms with E-state index in [0.717, 1.165) is 35.1 Å². The average Bonchev–Trinajstić information content (AvgIpc) is 3.03. The first-order chi connectivity index (χ1) is 21.1. The Morgan fingerprint density at radius 1 is 0.864 bits per heavy atom. The molecule has 0 aliphatic carbocycles. The number of nitrogens with two attached hydrogens (primary N) is 1. The van der Waals surface area contributed by atoms with Crippen LogP contribution in [0.25, 0.3) is 0 Å². The van der Waals surface area contributed by atoms with Gasteiger partial charge in [0.05, 0.1) is 22.6 Å². The fraction of sp³-hybridized carbons (Fsp3) is 0.382. The SMILES string of the molecule is Cc1cc(C)cc(C(=O)N2CCN(C(=O)CNC3CCN(C(=O)[C@H](N)c4ccccc4)CC3)[C@H](c3ccc(Cl)c(Cl)c3)C2)c1. The van der Waals surface area contributed by atoms with Crippen LogP contribution in [0.4, 0.5) is 0 Å². The first kappa shape index (κ1) is 32.0. The Bertz CT molecular complexity index is 1490. The maximum atomic E-state index is 13.7. The highest BCUT2D eigenvalue weighted by molar-refractivity contribution is 6.42. The number of halogens is 2. The van der Waals surface area contributed by atoms with Gasteiger partial charge in [0.1, 0.15) is 6.04 Å². The minimum absolute atomic E-state index is 0.0517. The standard InChI is InChI=1S/C34H39Cl2N5O3/c1-22-16-23(2)18-26(17-22)33(43)40-14-15-41(30(21-40)25-8-9-28(35)29(36)19-25)31(42)20-38-27-10-12-39(13-11-27)34(44)32(37)24-6-4-3-5-7-24/h3-9,16-19,27,30,32,38H,10-15,20-21,37H2,1-2H3/t30-,32+/m0/s1. The predicted molar refractivity (Wildman–Crippen MR) is 174 cm³/mol. The Balaban J connectivity index is 1.21. The van der Waals surface area contributed by atoms with Crippen molar-refractivity contribution >= 4 is 40.9 Å². The number of amides is 3. The highest BCUT2D eigenvalue weighted by Gasteiger charge is 2.35. The zero-order valence-corrected chi connectivity index (χ0v) is 26.7. The van der Waals surface area contributed by atoms with Crippen LogP contribution in [0, 0.1) is 13.8 Å². The predicted octanol–water partition coefficient (Wildman–Crippen LogP) is 4.92.